The maximum Gasteiger partial charge on any atom is 0.177 e. The number of hydrogen-bond acceptors (Lipinski definition) is 5. The number of carbonyl (C=O) groups excluding carboxylic acids is 1. The molecule has 4 nitrogen and oxygen atoms in total. The molecule has 1 aliphatic rings. The van der Waals surface area contributed by atoms with Gasteiger partial charge in [0.1, 0.15) is 5.00 Å². The van der Waals surface area contributed by atoms with E-state index in [9.17, 15) is 4.79 Å². The first-order chi connectivity index (χ1) is 9.95. The fraction of sp³-hybridized carbons (Fsp3) is 0.688. The Morgan fingerprint density at radius 3 is 2.57 bits per heavy atom. The van der Waals surface area contributed by atoms with E-state index >= 15 is 0 Å². The monoisotopic (exact) mass is 310 g/mol. The number of nitrogens with zero attached hydrogens (tertiary/aromatic N) is 1. The van der Waals surface area contributed by atoms with Crippen LogP contribution in [0.4, 0.5) is 10.7 Å². The Labute approximate surface area is 131 Å². The Kier molecular flexibility index (Phi) is 5.14. The highest BCUT2D eigenvalue weighted by Crippen LogP contribution is 2.45. The second-order valence-corrected chi connectivity index (χ2v) is 7.23. The minimum absolute atomic E-state index is 0.0522. The van der Waals surface area contributed by atoms with Gasteiger partial charge in [0, 0.05) is 19.5 Å². The van der Waals surface area contributed by atoms with Gasteiger partial charge in [-0.3, -0.25) is 4.79 Å². The van der Waals surface area contributed by atoms with Gasteiger partial charge in [0.05, 0.1) is 17.7 Å². The largest absolute Gasteiger partial charge is 0.492 e. The van der Waals surface area contributed by atoms with Crippen molar-refractivity contribution in [2.45, 2.75) is 39.5 Å². The van der Waals surface area contributed by atoms with E-state index < -0.39 is 0 Å². The minimum atomic E-state index is -0.0522. The van der Waals surface area contributed by atoms with Gasteiger partial charge in [0.2, 0.25) is 0 Å². The van der Waals surface area contributed by atoms with Crippen LogP contribution in [0.2, 0.25) is 0 Å². The van der Waals surface area contributed by atoms with E-state index in [0.29, 0.717) is 16.3 Å². The SMILES string of the molecule is COc1c(N(C)CC2CCCC2)sc(C(=O)C(C)C)c1N. The Hall–Kier alpha value is -1.23. The number of ketones is 1. The van der Waals surface area contributed by atoms with E-state index in [4.69, 9.17) is 10.5 Å². The number of ether oxygens (including phenoxy) is 1. The lowest BCUT2D eigenvalue weighted by Crippen LogP contribution is -2.23. The van der Waals surface area contributed by atoms with Crippen molar-refractivity contribution in [3.8, 4) is 5.75 Å². The normalized spacial score (nSPS) is 15.7. The van der Waals surface area contributed by atoms with Gasteiger partial charge in [-0.2, -0.15) is 0 Å². The molecule has 5 heteroatoms. The van der Waals surface area contributed by atoms with Gasteiger partial charge in [-0.15, -0.1) is 11.3 Å². The zero-order chi connectivity index (χ0) is 15.6. The van der Waals surface area contributed by atoms with Crippen LogP contribution < -0.4 is 15.4 Å². The van der Waals surface area contributed by atoms with Crippen molar-refractivity contribution in [3.05, 3.63) is 4.88 Å². The second kappa shape index (κ2) is 6.69. The summed E-state index contributed by atoms with van der Waals surface area (Å²) >= 11 is 1.46. The summed E-state index contributed by atoms with van der Waals surface area (Å²) in [5.41, 5.74) is 6.63. The highest BCUT2D eigenvalue weighted by molar-refractivity contribution is 7.19. The average molecular weight is 310 g/mol. The summed E-state index contributed by atoms with van der Waals surface area (Å²) < 4.78 is 5.46. The van der Waals surface area contributed by atoms with Gasteiger partial charge in [0.25, 0.3) is 0 Å². The summed E-state index contributed by atoms with van der Waals surface area (Å²) in [4.78, 5) is 15.1. The fourth-order valence-corrected chi connectivity index (χ4v) is 4.22. The molecule has 1 heterocycles. The van der Waals surface area contributed by atoms with Gasteiger partial charge in [0.15, 0.2) is 11.5 Å². The summed E-state index contributed by atoms with van der Waals surface area (Å²) in [6.07, 6.45) is 5.26. The molecule has 2 rings (SSSR count). The van der Waals surface area contributed by atoms with Crippen LogP contribution in [0, 0.1) is 11.8 Å². The third-order valence-electron chi connectivity index (χ3n) is 4.19. The molecule has 2 N–H and O–H groups in total. The van der Waals surface area contributed by atoms with E-state index in [1.54, 1.807) is 7.11 Å². The molecule has 1 aromatic rings. The first-order valence-corrected chi connectivity index (χ1v) is 8.49. The molecular weight excluding hydrogens is 284 g/mol. The van der Waals surface area contributed by atoms with E-state index in [0.717, 1.165) is 17.5 Å². The number of hydrogen-bond donors (Lipinski definition) is 1. The molecule has 118 valence electrons. The summed E-state index contributed by atoms with van der Waals surface area (Å²) in [6.45, 7) is 4.80. The lowest BCUT2D eigenvalue weighted by molar-refractivity contribution is 0.0944. The van der Waals surface area contributed by atoms with Crippen molar-refractivity contribution in [3.63, 3.8) is 0 Å². The van der Waals surface area contributed by atoms with Crippen LogP contribution in [0.5, 0.6) is 5.75 Å². The molecule has 0 atom stereocenters. The number of nitrogens with two attached hydrogens (primary N) is 1. The van der Waals surface area contributed by atoms with Gasteiger partial charge >= 0.3 is 0 Å². The number of thiophene rings is 1. The van der Waals surface area contributed by atoms with Crippen molar-refractivity contribution in [1.29, 1.82) is 0 Å². The molecule has 0 spiro atoms. The van der Waals surface area contributed by atoms with Gasteiger partial charge in [-0.1, -0.05) is 26.7 Å². The molecule has 0 saturated heterocycles. The Morgan fingerprint density at radius 1 is 1.43 bits per heavy atom. The van der Waals surface area contributed by atoms with Gasteiger partial charge in [-0.05, 0) is 18.8 Å². The number of anilines is 2. The fourth-order valence-electron chi connectivity index (χ4n) is 2.97. The molecule has 0 aromatic carbocycles. The highest BCUT2D eigenvalue weighted by atomic mass is 32.1. The highest BCUT2D eigenvalue weighted by Gasteiger charge is 2.26. The smallest absolute Gasteiger partial charge is 0.177 e. The lowest BCUT2D eigenvalue weighted by atomic mass is 10.1. The molecule has 0 aliphatic heterocycles. The average Bonchev–Trinajstić information content (AvgIpc) is 3.05. The predicted octanol–water partition coefficient (Wildman–Crippen LogP) is 3.80. The van der Waals surface area contributed by atoms with Crippen LogP contribution in [0.3, 0.4) is 0 Å². The van der Waals surface area contributed by atoms with Crippen LogP contribution >= 0.6 is 11.3 Å². The molecule has 0 radical (unpaired) electrons. The Balaban J connectivity index is 2.25. The number of methoxy groups -OCH3 is 1. The number of rotatable bonds is 6. The molecular formula is C16H26N2O2S. The molecule has 1 aromatic heterocycles. The van der Waals surface area contributed by atoms with E-state index in [1.165, 1.54) is 37.0 Å². The minimum Gasteiger partial charge on any atom is -0.492 e. The zero-order valence-corrected chi connectivity index (χ0v) is 14.3. The summed E-state index contributed by atoms with van der Waals surface area (Å²) in [5, 5.41) is 0.978. The molecule has 0 amide bonds. The van der Waals surface area contributed by atoms with Crippen molar-refractivity contribution in [1.82, 2.24) is 0 Å². The van der Waals surface area contributed by atoms with Gasteiger partial charge < -0.3 is 15.4 Å². The summed E-state index contributed by atoms with van der Waals surface area (Å²) in [6, 6.07) is 0. The van der Waals surface area contributed by atoms with Crippen molar-refractivity contribution >= 4 is 27.8 Å². The lowest BCUT2D eigenvalue weighted by Gasteiger charge is -2.22. The maximum absolute atomic E-state index is 12.3. The molecule has 1 aliphatic carbocycles. The van der Waals surface area contributed by atoms with Crippen LogP contribution in [0.15, 0.2) is 0 Å². The maximum atomic E-state index is 12.3. The van der Waals surface area contributed by atoms with Crippen LogP contribution in [0.25, 0.3) is 0 Å². The van der Waals surface area contributed by atoms with E-state index in [2.05, 4.69) is 11.9 Å². The van der Waals surface area contributed by atoms with Crippen molar-refractivity contribution in [2.24, 2.45) is 11.8 Å². The third-order valence-corrected chi connectivity index (χ3v) is 5.50. The van der Waals surface area contributed by atoms with Crippen LogP contribution in [0.1, 0.15) is 49.2 Å². The van der Waals surface area contributed by atoms with E-state index in [1.807, 2.05) is 13.8 Å². The second-order valence-electron chi connectivity index (χ2n) is 6.23. The number of carbonyl (C=O) groups is 1. The quantitative estimate of drug-likeness (QED) is 0.812. The summed E-state index contributed by atoms with van der Waals surface area (Å²) in [7, 11) is 3.69. The number of Topliss-reactive ketones (excluding diaryl/α,β-unsaturated/α-hetero) is 1. The molecule has 1 fully saturated rings. The standard InChI is InChI=1S/C16H26N2O2S/c1-10(2)13(19)15-12(17)14(20-4)16(21-15)18(3)9-11-7-5-6-8-11/h10-11H,5-9,17H2,1-4H3. The molecule has 21 heavy (non-hydrogen) atoms. The first-order valence-electron chi connectivity index (χ1n) is 7.67. The topological polar surface area (TPSA) is 55.6 Å². The van der Waals surface area contributed by atoms with E-state index in [-0.39, 0.29) is 11.7 Å². The van der Waals surface area contributed by atoms with Crippen LogP contribution in [-0.2, 0) is 0 Å². The molecule has 1 saturated carbocycles. The molecule has 0 unspecified atom stereocenters. The van der Waals surface area contributed by atoms with Crippen molar-refractivity contribution < 1.29 is 9.53 Å². The predicted molar refractivity (Wildman–Crippen MR) is 89.7 cm³/mol. The van der Waals surface area contributed by atoms with Crippen LogP contribution in [-0.4, -0.2) is 26.5 Å². The van der Waals surface area contributed by atoms with Gasteiger partial charge in [-0.25, -0.2) is 0 Å². The zero-order valence-electron chi connectivity index (χ0n) is 13.4. The van der Waals surface area contributed by atoms with Crippen molar-refractivity contribution in [2.75, 3.05) is 31.3 Å². The first kappa shape index (κ1) is 16.1. The summed E-state index contributed by atoms with van der Waals surface area (Å²) in [5.74, 6) is 1.44. The Bertz CT molecular complexity index is 505. The Morgan fingerprint density at radius 2 is 2.05 bits per heavy atom. The number of nitrogen functional groups attached to an aromatic ring is 1. The molecule has 0 bridgehead atoms. The third kappa shape index (κ3) is 3.34.